The summed E-state index contributed by atoms with van der Waals surface area (Å²) in [5.74, 6) is -1.16. The normalized spacial score (nSPS) is 24.1. The monoisotopic (exact) mass is 184 g/mol. The molecule has 70 valence electrons. The molecule has 1 amide bonds. The largest absolute Gasteiger partial charge is 0.484 e. The average Bonchev–Trinajstić information content (AvgIpc) is 2.32. The fourth-order valence-corrected chi connectivity index (χ4v) is 0.797. The quantitative estimate of drug-likeness (QED) is 0.543. The van der Waals surface area contributed by atoms with Crippen molar-refractivity contribution in [2.75, 3.05) is 13.3 Å². The average molecular weight is 184 g/mol. The number of hydrogen-bond donors (Lipinski definition) is 2. The molecule has 1 unspecified atom stereocenters. The number of hydrogen-bond acceptors (Lipinski definition) is 3. The van der Waals surface area contributed by atoms with Gasteiger partial charge >= 0.3 is 6.30 Å². The molecule has 0 bridgehead atoms. The Balaban J connectivity index is 2.37. The summed E-state index contributed by atoms with van der Waals surface area (Å²) in [4.78, 5) is 10.7. The van der Waals surface area contributed by atoms with Crippen LogP contribution < -0.4 is 10.6 Å². The highest BCUT2D eigenvalue weighted by molar-refractivity contribution is 5.81. The van der Waals surface area contributed by atoms with Crippen LogP contribution in [0.3, 0.4) is 0 Å². The zero-order chi connectivity index (χ0) is 9.19. The Labute approximate surface area is 66.1 Å². The van der Waals surface area contributed by atoms with Gasteiger partial charge in [0.05, 0.1) is 6.73 Å². The van der Waals surface area contributed by atoms with E-state index in [1.165, 1.54) is 0 Å². The summed E-state index contributed by atoms with van der Waals surface area (Å²) >= 11 is 0. The van der Waals surface area contributed by atoms with Gasteiger partial charge in [0.25, 0.3) is 5.91 Å². The van der Waals surface area contributed by atoms with Crippen molar-refractivity contribution in [2.24, 2.45) is 0 Å². The maximum absolute atomic E-state index is 11.6. The lowest BCUT2D eigenvalue weighted by molar-refractivity contribution is -0.174. The molecule has 0 saturated carbocycles. The van der Waals surface area contributed by atoms with Crippen LogP contribution in [0.2, 0.25) is 0 Å². The Morgan fingerprint density at radius 3 is 2.67 bits per heavy atom. The van der Waals surface area contributed by atoms with Crippen LogP contribution in [0.15, 0.2) is 0 Å². The molecule has 4 nitrogen and oxygen atoms in total. The van der Waals surface area contributed by atoms with E-state index >= 15 is 0 Å². The van der Waals surface area contributed by atoms with Crippen molar-refractivity contribution in [1.82, 2.24) is 10.6 Å². The SMILES string of the molecule is O=C(NC(F)(F)F)C1CNCO1. The third-order valence-corrected chi connectivity index (χ3v) is 1.27. The molecule has 2 N–H and O–H groups in total. The molecule has 7 heteroatoms. The van der Waals surface area contributed by atoms with E-state index in [0.717, 1.165) is 5.32 Å². The second-order valence-electron chi connectivity index (χ2n) is 2.24. The van der Waals surface area contributed by atoms with Gasteiger partial charge in [-0.15, -0.1) is 0 Å². The fraction of sp³-hybridized carbons (Fsp3) is 0.800. The van der Waals surface area contributed by atoms with Gasteiger partial charge in [-0.25, -0.2) is 0 Å². The van der Waals surface area contributed by atoms with Crippen LogP contribution in [0.5, 0.6) is 0 Å². The molecule has 1 saturated heterocycles. The van der Waals surface area contributed by atoms with Crippen molar-refractivity contribution in [1.29, 1.82) is 0 Å². The molecule has 0 aromatic heterocycles. The van der Waals surface area contributed by atoms with Crippen LogP contribution in [0.4, 0.5) is 13.2 Å². The minimum Gasteiger partial charge on any atom is -0.352 e. The summed E-state index contributed by atoms with van der Waals surface area (Å²) < 4.78 is 39.3. The van der Waals surface area contributed by atoms with Crippen molar-refractivity contribution in [3.05, 3.63) is 0 Å². The van der Waals surface area contributed by atoms with E-state index in [9.17, 15) is 18.0 Å². The molecule has 0 aromatic rings. The molecular weight excluding hydrogens is 177 g/mol. The standard InChI is InChI=1S/C5H7F3N2O2/c6-5(7,8)10-4(11)3-1-9-2-12-3/h3,9H,1-2H2,(H,10,11). The number of halogens is 3. The van der Waals surface area contributed by atoms with Crippen LogP contribution in [-0.2, 0) is 9.53 Å². The number of rotatable bonds is 1. The molecule has 1 atom stereocenters. The predicted molar refractivity (Wildman–Crippen MR) is 31.9 cm³/mol. The summed E-state index contributed by atoms with van der Waals surface area (Å²) in [5, 5.41) is 3.45. The summed E-state index contributed by atoms with van der Waals surface area (Å²) in [6.07, 6.45) is -5.71. The van der Waals surface area contributed by atoms with E-state index in [1.807, 2.05) is 0 Å². The van der Waals surface area contributed by atoms with Gasteiger partial charge in [-0.2, -0.15) is 13.2 Å². The molecule has 1 fully saturated rings. The zero-order valence-corrected chi connectivity index (χ0v) is 5.94. The van der Waals surface area contributed by atoms with Crippen molar-refractivity contribution < 1.29 is 22.7 Å². The summed E-state index contributed by atoms with van der Waals surface area (Å²) in [6.45, 7) is 0.220. The number of nitrogens with one attached hydrogen (secondary N) is 2. The van der Waals surface area contributed by atoms with E-state index < -0.39 is 18.3 Å². The Morgan fingerprint density at radius 1 is 1.58 bits per heavy atom. The number of alkyl halides is 3. The first-order valence-corrected chi connectivity index (χ1v) is 3.20. The minimum absolute atomic E-state index is 0.107. The smallest absolute Gasteiger partial charge is 0.352 e. The molecule has 1 aliphatic rings. The third kappa shape index (κ3) is 2.67. The third-order valence-electron chi connectivity index (χ3n) is 1.27. The lowest BCUT2D eigenvalue weighted by Gasteiger charge is -2.11. The summed E-state index contributed by atoms with van der Waals surface area (Å²) in [7, 11) is 0. The second-order valence-corrected chi connectivity index (χ2v) is 2.24. The molecular formula is C5H7F3N2O2. The van der Waals surface area contributed by atoms with Crippen molar-refractivity contribution >= 4 is 5.91 Å². The lowest BCUT2D eigenvalue weighted by Crippen LogP contribution is -2.44. The van der Waals surface area contributed by atoms with Gasteiger partial charge in [-0.3, -0.25) is 15.4 Å². The zero-order valence-electron chi connectivity index (χ0n) is 5.94. The molecule has 1 aliphatic heterocycles. The Bertz CT molecular complexity index is 176. The first kappa shape index (κ1) is 9.27. The van der Waals surface area contributed by atoms with Crippen molar-refractivity contribution in [3.63, 3.8) is 0 Å². The van der Waals surface area contributed by atoms with Gasteiger partial charge in [0.2, 0.25) is 0 Å². The van der Waals surface area contributed by atoms with Gasteiger partial charge in [-0.1, -0.05) is 0 Å². The highest BCUT2D eigenvalue weighted by Crippen LogP contribution is 2.10. The van der Waals surface area contributed by atoms with Crippen LogP contribution in [0.25, 0.3) is 0 Å². The minimum atomic E-state index is -4.68. The molecule has 12 heavy (non-hydrogen) atoms. The summed E-state index contributed by atoms with van der Waals surface area (Å²) in [6, 6.07) is 0. The Kier molecular flexibility index (Phi) is 2.53. The molecule has 1 heterocycles. The van der Waals surface area contributed by atoms with Gasteiger partial charge in [0.15, 0.2) is 6.10 Å². The van der Waals surface area contributed by atoms with Crippen LogP contribution in [0, 0.1) is 0 Å². The predicted octanol–water partition coefficient (Wildman–Crippen LogP) is -0.432. The Hall–Kier alpha value is -0.820. The Morgan fingerprint density at radius 2 is 2.25 bits per heavy atom. The van der Waals surface area contributed by atoms with E-state index in [2.05, 4.69) is 10.1 Å². The second kappa shape index (κ2) is 3.28. The highest BCUT2D eigenvalue weighted by atomic mass is 19.4. The maximum Gasteiger partial charge on any atom is 0.484 e. The number of carbonyl (C=O) groups is 1. The van der Waals surface area contributed by atoms with Crippen molar-refractivity contribution in [3.8, 4) is 0 Å². The highest BCUT2D eigenvalue weighted by Gasteiger charge is 2.34. The molecule has 0 aliphatic carbocycles. The van der Waals surface area contributed by atoms with E-state index in [0.29, 0.717) is 0 Å². The fourth-order valence-electron chi connectivity index (χ4n) is 0.797. The van der Waals surface area contributed by atoms with E-state index in [1.54, 1.807) is 0 Å². The van der Waals surface area contributed by atoms with Gasteiger partial charge in [0, 0.05) is 6.54 Å². The van der Waals surface area contributed by atoms with E-state index in [-0.39, 0.29) is 13.3 Å². The first-order valence-electron chi connectivity index (χ1n) is 3.20. The van der Waals surface area contributed by atoms with Crippen LogP contribution >= 0.6 is 0 Å². The van der Waals surface area contributed by atoms with Gasteiger partial charge < -0.3 is 4.74 Å². The topological polar surface area (TPSA) is 50.4 Å². The van der Waals surface area contributed by atoms with E-state index in [4.69, 9.17) is 0 Å². The maximum atomic E-state index is 11.6. The molecule has 0 radical (unpaired) electrons. The van der Waals surface area contributed by atoms with Gasteiger partial charge in [0.1, 0.15) is 0 Å². The molecule has 0 spiro atoms. The molecule has 0 aromatic carbocycles. The summed E-state index contributed by atoms with van der Waals surface area (Å²) in [5.41, 5.74) is 0. The number of carbonyl (C=O) groups excluding carboxylic acids is 1. The van der Waals surface area contributed by atoms with Gasteiger partial charge in [-0.05, 0) is 0 Å². The van der Waals surface area contributed by atoms with Crippen LogP contribution in [-0.4, -0.2) is 31.6 Å². The number of ether oxygens (including phenoxy) is 1. The van der Waals surface area contributed by atoms with Crippen molar-refractivity contribution in [2.45, 2.75) is 12.4 Å². The molecule has 1 rings (SSSR count). The number of amides is 1. The lowest BCUT2D eigenvalue weighted by atomic mass is 10.3. The first-order chi connectivity index (χ1) is 5.49. The van der Waals surface area contributed by atoms with Crippen LogP contribution in [0.1, 0.15) is 0 Å².